The molecule has 4 heteroatoms. The fourth-order valence-corrected chi connectivity index (χ4v) is 0.681. The van der Waals surface area contributed by atoms with Gasteiger partial charge in [-0.3, -0.25) is 0 Å². The van der Waals surface area contributed by atoms with E-state index in [9.17, 15) is 4.39 Å². The van der Waals surface area contributed by atoms with Crippen LogP contribution in [-0.4, -0.2) is 17.0 Å². The number of nitrogens with one attached hydrogen (secondary N) is 1. The third-order valence-corrected chi connectivity index (χ3v) is 1.17. The molecule has 0 aliphatic heterocycles. The van der Waals surface area contributed by atoms with Gasteiger partial charge in [-0.15, -0.1) is 0 Å². The molecule has 0 aliphatic carbocycles. The minimum Gasteiger partial charge on any atom is -0.373 e. The van der Waals surface area contributed by atoms with Crippen LogP contribution in [0.4, 0.5) is 10.2 Å². The van der Waals surface area contributed by atoms with Gasteiger partial charge < -0.3 is 5.32 Å². The predicted octanol–water partition coefficient (Wildman–Crippen LogP) is 0.988. The first-order chi connectivity index (χ1) is 4.88. The van der Waals surface area contributed by atoms with Crippen molar-refractivity contribution in [1.82, 2.24) is 9.97 Å². The molecule has 10 heavy (non-hydrogen) atoms. The number of aromatic nitrogens is 2. The van der Waals surface area contributed by atoms with Crippen molar-refractivity contribution in [3.8, 4) is 0 Å². The standard InChI is InChI=1S/C6H8FN3/c1-8-6-5(2-7)3-9-4-10-6/h3-4H,2H2,1H3,(H,8,9,10). The Bertz CT molecular complexity index is 191. The van der Waals surface area contributed by atoms with Crippen LogP contribution >= 0.6 is 0 Å². The highest BCUT2D eigenvalue weighted by Crippen LogP contribution is 2.09. The molecule has 0 atom stereocenters. The lowest BCUT2D eigenvalue weighted by molar-refractivity contribution is 0.484. The summed E-state index contributed by atoms with van der Waals surface area (Å²) < 4.78 is 12.1. The predicted molar refractivity (Wildman–Crippen MR) is 36.4 cm³/mol. The van der Waals surface area contributed by atoms with E-state index < -0.39 is 6.67 Å². The maximum atomic E-state index is 12.1. The van der Waals surface area contributed by atoms with Crippen molar-refractivity contribution >= 4 is 5.82 Å². The van der Waals surface area contributed by atoms with Gasteiger partial charge in [-0.05, 0) is 0 Å². The fraction of sp³-hybridized carbons (Fsp3) is 0.333. The summed E-state index contributed by atoms with van der Waals surface area (Å²) >= 11 is 0. The first-order valence-electron chi connectivity index (χ1n) is 2.91. The molecule has 0 unspecified atom stereocenters. The Morgan fingerprint density at radius 1 is 1.70 bits per heavy atom. The number of rotatable bonds is 2. The molecule has 54 valence electrons. The second kappa shape index (κ2) is 3.10. The minimum atomic E-state index is -0.531. The van der Waals surface area contributed by atoms with Crippen LogP contribution in [0.1, 0.15) is 5.56 Å². The third-order valence-electron chi connectivity index (χ3n) is 1.17. The average molecular weight is 141 g/mol. The van der Waals surface area contributed by atoms with Gasteiger partial charge in [-0.2, -0.15) is 0 Å². The van der Waals surface area contributed by atoms with Crippen LogP contribution in [0.5, 0.6) is 0 Å². The van der Waals surface area contributed by atoms with Gasteiger partial charge in [0.25, 0.3) is 0 Å². The van der Waals surface area contributed by atoms with Crippen molar-refractivity contribution < 1.29 is 4.39 Å². The van der Waals surface area contributed by atoms with Crippen LogP contribution < -0.4 is 5.32 Å². The maximum absolute atomic E-state index is 12.1. The molecule has 0 aromatic carbocycles. The van der Waals surface area contributed by atoms with Gasteiger partial charge in [0, 0.05) is 18.8 Å². The molecular weight excluding hydrogens is 133 g/mol. The van der Waals surface area contributed by atoms with Crippen LogP contribution in [0, 0.1) is 0 Å². The Morgan fingerprint density at radius 2 is 2.50 bits per heavy atom. The second-order valence-corrected chi connectivity index (χ2v) is 1.78. The smallest absolute Gasteiger partial charge is 0.134 e. The molecule has 0 radical (unpaired) electrons. The molecule has 0 fully saturated rings. The van der Waals surface area contributed by atoms with Crippen molar-refractivity contribution in [2.75, 3.05) is 12.4 Å². The number of alkyl halides is 1. The monoisotopic (exact) mass is 141 g/mol. The summed E-state index contributed by atoms with van der Waals surface area (Å²) in [4.78, 5) is 7.48. The summed E-state index contributed by atoms with van der Waals surface area (Å²) in [6, 6.07) is 0. The van der Waals surface area contributed by atoms with Gasteiger partial charge in [0.2, 0.25) is 0 Å². The molecule has 1 rings (SSSR count). The van der Waals surface area contributed by atoms with Crippen molar-refractivity contribution in [3.05, 3.63) is 18.1 Å². The minimum absolute atomic E-state index is 0.491. The van der Waals surface area contributed by atoms with Crippen molar-refractivity contribution in [3.63, 3.8) is 0 Å². The number of halogens is 1. The van der Waals surface area contributed by atoms with E-state index in [4.69, 9.17) is 0 Å². The highest BCUT2D eigenvalue weighted by atomic mass is 19.1. The van der Waals surface area contributed by atoms with Gasteiger partial charge in [0.1, 0.15) is 18.8 Å². The quantitative estimate of drug-likeness (QED) is 0.667. The lowest BCUT2D eigenvalue weighted by Gasteiger charge is -2.00. The van der Waals surface area contributed by atoms with Gasteiger partial charge in [0.15, 0.2) is 0 Å². The molecule has 1 aromatic rings. The van der Waals surface area contributed by atoms with Crippen molar-refractivity contribution in [2.45, 2.75) is 6.67 Å². The molecule has 1 N–H and O–H groups in total. The summed E-state index contributed by atoms with van der Waals surface area (Å²) in [5, 5.41) is 2.76. The van der Waals surface area contributed by atoms with Crippen LogP contribution in [0.25, 0.3) is 0 Å². The van der Waals surface area contributed by atoms with Gasteiger partial charge in [-0.25, -0.2) is 14.4 Å². The Kier molecular flexibility index (Phi) is 2.15. The highest BCUT2D eigenvalue weighted by molar-refractivity contribution is 5.40. The lowest BCUT2D eigenvalue weighted by atomic mass is 10.3. The lowest BCUT2D eigenvalue weighted by Crippen LogP contribution is -1.97. The van der Waals surface area contributed by atoms with Crippen molar-refractivity contribution in [1.29, 1.82) is 0 Å². The number of anilines is 1. The van der Waals surface area contributed by atoms with E-state index in [2.05, 4.69) is 15.3 Å². The van der Waals surface area contributed by atoms with E-state index in [1.165, 1.54) is 12.5 Å². The van der Waals surface area contributed by atoms with Crippen LogP contribution in [-0.2, 0) is 6.67 Å². The summed E-state index contributed by atoms with van der Waals surface area (Å²) in [5.41, 5.74) is 0.491. The first-order valence-corrected chi connectivity index (χ1v) is 2.91. The summed E-state index contributed by atoms with van der Waals surface area (Å²) in [6.07, 6.45) is 2.84. The van der Waals surface area contributed by atoms with Crippen LogP contribution in [0.15, 0.2) is 12.5 Å². The summed E-state index contributed by atoms with van der Waals surface area (Å²) in [6.45, 7) is -0.531. The first kappa shape index (κ1) is 6.92. The second-order valence-electron chi connectivity index (χ2n) is 1.78. The normalized spacial score (nSPS) is 9.40. The summed E-state index contributed by atoms with van der Waals surface area (Å²) in [5.74, 6) is 0.553. The molecule has 1 aromatic heterocycles. The van der Waals surface area contributed by atoms with Crippen molar-refractivity contribution in [2.24, 2.45) is 0 Å². The topological polar surface area (TPSA) is 37.8 Å². The van der Waals surface area contributed by atoms with E-state index in [-0.39, 0.29) is 0 Å². The van der Waals surface area contributed by atoms with Crippen LogP contribution in [0.2, 0.25) is 0 Å². The molecule has 0 amide bonds. The van der Waals surface area contributed by atoms with E-state index in [1.807, 2.05) is 0 Å². The third kappa shape index (κ3) is 1.21. The SMILES string of the molecule is CNc1ncncc1CF. The number of hydrogen-bond donors (Lipinski definition) is 1. The Morgan fingerprint density at radius 3 is 3.00 bits per heavy atom. The van der Waals surface area contributed by atoms with Crippen LogP contribution in [0.3, 0.4) is 0 Å². The average Bonchev–Trinajstić information content (AvgIpc) is 2.04. The number of nitrogens with zero attached hydrogens (tertiary/aromatic N) is 2. The maximum Gasteiger partial charge on any atom is 0.134 e. The van der Waals surface area contributed by atoms with E-state index >= 15 is 0 Å². The zero-order valence-corrected chi connectivity index (χ0v) is 5.63. The van der Waals surface area contributed by atoms with E-state index in [1.54, 1.807) is 7.05 Å². The molecule has 0 spiro atoms. The molecule has 1 heterocycles. The molecule has 3 nitrogen and oxygen atoms in total. The molecule has 0 saturated carbocycles. The largest absolute Gasteiger partial charge is 0.373 e. The molecule has 0 bridgehead atoms. The number of hydrogen-bond acceptors (Lipinski definition) is 3. The molecule has 0 saturated heterocycles. The van der Waals surface area contributed by atoms with E-state index in [0.29, 0.717) is 11.4 Å². The Balaban J connectivity index is 2.96. The summed E-state index contributed by atoms with van der Waals surface area (Å²) in [7, 11) is 1.70. The highest BCUT2D eigenvalue weighted by Gasteiger charge is 1.98. The van der Waals surface area contributed by atoms with Gasteiger partial charge >= 0.3 is 0 Å². The Hall–Kier alpha value is -1.19. The zero-order chi connectivity index (χ0) is 7.40. The van der Waals surface area contributed by atoms with Gasteiger partial charge in [-0.1, -0.05) is 0 Å². The zero-order valence-electron chi connectivity index (χ0n) is 5.63. The fourth-order valence-electron chi connectivity index (χ4n) is 0.681. The molecular formula is C6H8FN3. The van der Waals surface area contributed by atoms with E-state index in [0.717, 1.165) is 0 Å². The Labute approximate surface area is 58.3 Å². The molecule has 0 aliphatic rings. The van der Waals surface area contributed by atoms with Gasteiger partial charge in [0.05, 0.1) is 0 Å².